The van der Waals surface area contributed by atoms with Gasteiger partial charge in [-0.05, 0) is 38.4 Å². The Labute approximate surface area is 121 Å². The molecule has 1 fully saturated rings. The molecule has 1 heterocycles. The Hall–Kier alpha value is -1.13. The number of para-hydroxylation sites is 1. The molecule has 4 heteroatoms. The fourth-order valence-electron chi connectivity index (χ4n) is 3.06. The molecule has 0 radical (unpaired) electrons. The van der Waals surface area contributed by atoms with Gasteiger partial charge in [0.25, 0.3) is 0 Å². The van der Waals surface area contributed by atoms with Gasteiger partial charge < -0.3 is 15.0 Å². The Balaban J connectivity index is 2.33. The quantitative estimate of drug-likeness (QED) is 0.897. The summed E-state index contributed by atoms with van der Waals surface area (Å²) in [6.07, 6.45) is 1.09. The Kier molecular flexibility index (Phi) is 5.00. The molecule has 0 aliphatic carbocycles. The van der Waals surface area contributed by atoms with Crippen molar-refractivity contribution < 1.29 is 9.13 Å². The minimum absolute atomic E-state index is 0.130. The lowest BCUT2D eigenvalue weighted by molar-refractivity contribution is 0.118. The summed E-state index contributed by atoms with van der Waals surface area (Å²) in [7, 11) is 1.97. The smallest absolute Gasteiger partial charge is 0.146 e. The third kappa shape index (κ3) is 2.96. The van der Waals surface area contributed by atoms with Gasteiger partial charge in [-0.2, -0.15) is 0 Å². The van der Waals surface area contributed by atoms with E-state index in [1.54, 1.807) is 6.07 Å². The number of rotatable bonds is 5. The van der Waals surface area contributed by atoms with Crippen LogP contribution in [0.5, 0.6) is 0 Å². The van der Waals surface area contributed by atoms with Crippen LogP contribution in [0.1, 0.15) is 38.8 Å². The fourth-order valence-corrected chi connectivity index (χ4v) is 3.06. The number of halogens is 1. The fraction of sp³-hybridized carbons (Fsp3) is 0.625. The van der Waals surface area contributed by atoms with Crippen molar-refractivity contribution >= 4 is 5.69 Å². The van der Waals surface area contributed by atoms with Gasteiger partial charge in [-0.1, -0.05) is 19.1 Å². The Morgan fingerprint density at radius 3 is 2.85 bits per heavy atom. The number of nitrogens with one attached hydrogen (secondary N) is 1. The van der Waals surface area contributed by atoms with Crippen LogP contribution in [0.2, 0.25) is 0 Å². The van der Waals surface area contributed by atoms with Crippen LogP contribution >= 0.6 is 0 Å². The van der Waals surface area contributed by atoms with E-state index in [0.717, 1.165) is 25.1 Å². The summed E-state index contributed by atoms with van der Waals surface area (Å²) in [5.41, 5.74) is 1.71. The van der Waals surface area contributed by atoms with Crippen molar-refractivity contribution in [3.8, 4) is 0 Å². The highest BCUT2D eigenvalue weighted by Crippen LogP contribution is 2.32. The Morgan fingerprint density at radius 1 is 1.50 bits per heavy atom. The van der Waals surface area contributed by atoms with E-state index >= 15 is 0 Å². The summed E-state index contributed by atoms with van der Waals surface area (Å²) in [6, 6.07) is 5.69. The molecule has 112 valence electrons. The second-order valence-electron chi connectivity index (χ2n) is 5.50. The van der Waals surface area contributed by atoms with Crippen LogP contribution in [-0.2, 0) is 4.74 Å². The highest BCUT2D eigenvalue weighted by molar-refractivity contribution is 5.56. The number of ether oxygens (including phenoxy) is 1. The zero-order valence-electron chi connectivity index (χ0n) is 12.8. The molecule has 3 atom stereocenters. The first kappa shape index (κ1) is 15.3. The van der Waals surface area contributed by atoms with Crippen molar-refractivity contribution in [2.24, 2.45) is 0 Å². The molecule has 3 nitrogen and oxygen atoms in total. The minimum atomic E-state index is -0.158. The SMILES string of the molecule is CCNC(C)c1cccc(F)c1N(C)C1CCOC1C. The molecular weight excluding hydrogens is 255 g/mol. The van der Waals surface area contributed by atoms with Crippen LogP contribution in [0.25, 0.3) is 0 Å². The molecular formula is C16H25FN2O. The predicted octanol–water partition coefficient (Wildman–Crippen LogP) is 3.11. The third-order valence-electron chi connectivity index (χ3n) is 4.18. The van der Waals surface area contributed by atoms with Crippen LogP contribution in [0.3, 0.4) is 0 Å². The largest absolute Gasteiger partial charge is 0.376 e. The average Bonchev–Trinajstić information content (AvgIpc) is 2.84. The Morgan fingerprint density at radius 2 is 2.25 bits per heavy atom. The van der Waals surface area contributed by atoms with Gasteiger partial charge in [0.2, 0.25) is 0 Å². The maximum Gasteiger partial charge on any atom is 0.146 e. The van der Waals surface area contributed by atoms with E-state index in [1.165, 1.54) is 6.07 Å². The van der Waals surface area contributed by atoms with Crippen molar-refractivity contribution in [1.29, 1.82) is 0 Å². The number of nitrogens with zero attached hydrogens (tertiary/aromatic N) is 1. The van der Waals surface area contributed by atoms with Gasteiger partial charge in [-0.3, -0.25) is 0 Å². The first-order valence-corrected chi connectivity index (χ1v) is 7.42. The van der Waals surface area contributed by atoms with Crippen LogP contribution < -0.4 is 10.2 Å². The van der Waals surface area contributed by atoms with E-state index in [0.29, 0.717) is 5.69 Å². The second kappa shape index (κ2) is 6.55. The third-order valence-corrected chi connectivity index (χ3v) is 4.18. The van der Waals surface area contributed by atoms with Crippen LogP contribution in [0, 0.1) is 5.82 Å². The molecule has 1 aromatic rings. The van der Waals surface area contributed by atoms with Gasteiger partial charge in [-0.25, -0.2) is 4.39 Å². The van der Waals surface area contributed by atoms with Crippen LogP contribution in [-0.4, -0.2) is 32.3 Å². The van der Waals surface area contributed by atoms with Gasteiger partial charge in [-0.15, -0.1) is 0 Å². The van der Waals surface area contributed by atoms with Gasteiger partial charge in [0.15, 0.2) is 0 Å². The number of benzene rings is 1. The zero-order chi connectivity index (χ0) is 14.7. The summed E-state index contributed by atoms with van der Waals surface area (Å²) in [6.45, 7) is 7.81. The summed E-state index contributed by atoms with van der Waals surface area (Å²) in [5.74, 6) is -0.158. The standard InChI is InChI=1S/C16H25FN2O/c1-5-18-11(2)13-7-6-8-14(17)16(13)19(4)15-9-10-20-12(15)3/h6-8,11-12,15,18H,5,9-10H2,1-4H3. The first-order valence-electron chi connectivity index (χ1n) is 7.42. The molecule has 1 aliphatic heterocycles. The maximum atomic E-state index is 14.4. The average molecular weight is 280 g/mol. The first-order chi connectivity index (χ1) is 9.56. The number of hydrogen-bond donors (Lipinski definition) is 1. The van der Waals surface area contributed by atoms with Gasteiger partial charge >= 0.3 is 0 Å². The highest BCUT2D eigenvalue weighted by Gasteiger charge is 2.30. The molecule has 1 aromatic carbocycles. The van der Waals surface area contributed by atoms with Crippen LogP contribution in [0.4, 0.5) is 10.1 Å². The van der Waals surface area contributed by atoms with Crippen molar-refractivity contribution in [3.63, 3.8) is 0 Å². The molecule has 0 aromatic heterocycles. The lowest BCUT2D eigenvalue weighted by atomic mass is 10.0. The number of likely N-dealkylation sites (N-methyl/N-ethyl adjacent to an activating group) is 1. The minimum Gasteiger partial charge on any atom is -0.376 e. The molecule has 1 saturated heterocycles. The van der Waals surface area contributed by atoms with Crippen molar-refractivity contribution in [3.05, 3.63) is 29.6 Å². The van der Waals surface area contributed by atoms with Crippen LogP contribution in [0.15, 0.2) is 18.2 Å². The lowest BCUT2D eigenvalue weighted by Gasteiger charge is -2.32. The summed E-state index contributed by atoms with van der Waals surface area (Å²) < 4.78 is 20.0. The summed E-state index contributed by atoms with van der Waals surface area (Å²) >= 11 is 0. The van der Waals surface area contributed by atoms with E-state index in [-0.39, 0.29) is 24.0 Å². The summed E-state index contributed by atoms with van der Waals surface area (Å²) in [5, 5.41) is 3.36. The van der Waals surface area contributed by atoms with Gasteiger partial charge in [0.1, 0.15) is 5.82 Å². The lowest BCUT2D eigenvalue weighted by Crippen LogP contribution is -2.38. The van der Waals surface area contributed by atoms with Gasteiger partial charge in [0, 0.05) is 19.7 Å². The van der Waals surface area contributed by atoms with E-state index in [1.807, 2.05) is 13.1 Å². The molecule has 0 amide bonds. The molecule has 3 unspecified atom stereocenters. The van der Waals surface area contributed by atoms with E-state index in [4.69, 9.17) is 4.74 Å². The predicted molar refractivity (Wildman–Crippen MR) is 80.7 cm³/mol. The number of anilines is 1. The van der Waals surface area contributed by atoms with Gasteiger partial charge in [0.05, 0.1) is 17.8 Å². The van der Waals surface area contributed by atoms with Crippen molar-refractivity contribution in [1.82, 2.24) is 5.32 Å². The summed E-state index contributed by atoms with van der Waals surface area (Å²) in [4.78, 5) is 2.05. The normalized spacial score (nSPS) is 23.9. The van der Waals surface area contributed by atoms with E-state index < -0.39 is 0 Å². The molecule has 2 rings (SSSR count). The van der Waals surface area contributed by atoms with E-state index in [9.17, 15) is 4.39 Å². The highest BCUT2D eigenvalue weighted by atomic mass is 19.1. The number of hydrogen-bond acceptors (Lipinski definition) is 3. The van der Waals surface area contributed by atoms with E-state index in [2.05, 4.69) is 31.0 Å². The molecule has 0 saturated carbocycles. The monoisotopic (exact) mass is 280 g/mol. The second-order valence-corrected chi connectivity index (χ2v) is 5.50. The maximum absolute atomic E-state index is 14.4. The molecule has 1 N–H and O–H groups in total. The zero-order valence-corrected chi connectivity index (χ0v) is 12.8. The molecule has 0 bridgehead atoms. The topological polar surface area (TPSA) is 24.5 Å². The van der Waals surface area contributed by atoms with Crippen molar-refractivity contribution in [2.75, 3.05) is 25.1 Å². The molecule has 1 aliphatic rings. The molecule has 20 heavy (non-hydrogen) atoms. The van der Waals surface area contributed by atoms with Crippen molar-refractivity contribution in [2.45, 2.75) is 45.4 Å². The Bertz CT molecular complexity index is 452. The molecule has 0 spiro atoms.